The van der Waals surface area contributed by atoms with E-state index in [2.05, 4.69) is 32.3 Å². The van der Waals surface area contributed by atoms with Crippen molar-refractivity contribution >= 4 is 38.9 Å². The minimum absolute atomic E-state index is 0.408. The highest BCUT2D eigenvalue weighted by atomic mass is 79.9. The Balaban J connectivity index is 2.34. The molecule has 0 atom stereocenters. The van der Waals surface area contributed by atoms with Crippen molar-refractivity contribution in [3.8, 4) is 6.07 Å². The summed E-state index contributed by atoms with van der Waals surface area (Å²) in [4.78, 5) is 3.89. The van der Waals surface area contributed by atoms with Crippen LogP contribution in [-0.2, 0) is 0 Å². The van der Waals surface area contributed by atoms with E-state index in [0.717, 1.165) is 15.8 Å². The van der Waals surface area contributed by atoms with Gasteiger partial charge in [0, 0.05) is 16.4 Å². The minimum Gasteiger partial charge on any atom is -0.354 e. The van der Waals surface area contributed by atoms with Gasteiger partial charge in [-0.3, -0.25) is 0 Å². The third kappa shape index (κ3) is 2.96. The van der Waals surface area contributed by atoms with Gasteiger partial charge in [-0.05, 0) is 30.3 Å². The van der Waals surface area contributed by atoms with Gasteiger partial charge in [0.25, 0.3) is 0 Å². The summed E-state index contributed by atoms with van der Waals surface area (Å²) in [6, 6.07) is 11.1. The summed E-state index contributed by atoms with van der Waals surface area (Å²) < 4.78 is 0.868. The van der Waals surface area contributed by atoms with Crippen molar-refractivity contribution in [3.05, 3.63) is 51.7 Å². The molecule has 1 N–H and O–H groups in total. The zero-order chi connectivity index (χ0) is 12.3. The molecule has 1 aromatic carbocycles. The van der Waals surface area contributed by atoms with E-state index in [-0.39, 0.29) is 0 Å². The van der Waals surface area contributed by atoms with Crippen LogP contribution >= 0.6 is 27.5 Å². The third-order valence-electron chi connectivity index (χ3n) is 2.11. The van der Waals surface area contributed by atoms with Gasteiger partial charge >= 0.3 is 0 Å². The molecule has 84 valence electrons. The summed E-state index contributed by atoms with van der Waals surface area (Å²) >= 11 is 9.11. The largest absolute Gasteiger partial charge is 0.354 e. The van der Waals surface area contributed by atoms with E-state index in [1.54, 1.807) is 24.4 Å². The van der Waals surface area contributed by atoms with Crippen LogP contribution in [0.3, 0.4) is 0 Å². The molecule has 0 saturated heterocycles. The minimum atomic E-state index is 0.408. The maximum Gasteiger partial charge on any atom is 0.131 e. The van der Waals surface area contributed by atoms with Crippen LogP contribution in [0, 0.1) is 11.3 Å². The monoisotopic (exact) mass is 307 g/mol. The van der Waals surface area contributed by atoms with Gasteiger partial charge in [-0.15, -0.1) is 0 Å². The van der Waals surface area contributed by atoms with Crippen LogP contribution in [0.15, 0.2) is 41.0 Å². The second-order valence-corrected chi connectivity index (χ2v) is 4.60. The van der Waals surface area contributed by atoms with E-state index in [4.69, 9.17) is 16.9 Å². The number of rotatable bonds is 2. The van der Waals surface area contributed by atoms with Crippen molar-refractivity contribution in [2.75, 3.05) is 5.32 Å². The fourth-order valence-corrected chi connectivity index (χ4v) is 1.89. The first-order chi connectivity index (χ1) is 8.19. The van der Waals surface area contributed by atoms with Crippen molar-refractivity contribution in [1.82, 2.24) is 4.98 Å². The number of benzene rings is 1. The molecule has 0 unspecified atom stereocenters. The van der Waals surface area contributed by atoms with Crippen molar-refractivity contribution in [3.63, 3.8) is 0 Å². The van der Waals surface area contributed by atoms with Gasteiger partial charge in [0.1, 0.15) is 11.2 Å². The van der Waals surface area contributed by atoms with E-state index in [0.29, 0.717) is 10.7 Å². The van der Waals surface area contributed by atoms with Gasteiger partial charge in [-0.1, -0.05) is 27.5 Å². The number of hydrogen-bond donors (Lipinski definition) is 1. The fraction of sp³-hybridized carbons (Fsp3) is 0. The summed E-state index contributed by atoms with van der Waals surface area (Å²) in [6.07, 6.45) is 1.61. The van der Waals surface area contributed by atoms with Gasteiger partial charge in [0.05, 0.1) is 11.3 Å². The maximum atomic E-state index is 9.03. The average Bonchev–Trinajstić information content (AvgIpc) is 2.31. The molecule has 0 amide bonds. The van der Waals surface area contributed by atoms with Gasteiger partial charge < -0.3 is 5.32 Å². The van der Waals surface area contributed by atoms with Crippen molar-refractivity contribution in [2.45, 2.75) is 0 Å². The van der Waals surface area contributed by atoms with Crippen molar-refractivity contribution in [1.29, 1.82) is 5.26 Å². The highest BCUT2D eigenvalue weighted by molar-refractivity contribution is 9.10. The van der Waals surface area contributed by atoms with E-state index in [9.17, 15) is 0 Å². The van der Waals surface area contributed by atoms with Crippen molar-refractivity contribution < 1.29 is 0 Å². The molecule has 17 heavy (non-hydrogen) atoms. The quantitative estimate of drug-likeness (QED) is 0.849. The molecule has 3 nitrogen and oxygen atoms in total. The molecule has 1 aromatic heterocycles. The Morgan fingerprint density at radius 2 is 2.12 bits per heavy atom. The van der Waals surface area contributed by atoms with Crippen LogP contribution < -0.4 is 5.32 Å². The Morgan fingerprint density at radius 1 is 1.29 bits per heavy atom. The Labute approximate surface area is 112 Å². The lowest BCUT2D eigenvalue weighted by molar-refractivity contribution is 1.32. The summed E-state index contributed by atoms with van der Waals surface area (Å²) in [5.74, 6) is 0. The van der Waals surface area contributed by atoms with Crippen molar-refractivity contribution in [2.24, 2.45) is 0 Å². The van der Waals surface area contributed by atoms with Gasteiger partial charge in [0.2, 0.25) is 0 Å². The lowest BCUT2D eigenvalue weighted by Crippen LogP contribution is -1.94. The molecular formula is C12H7BrClN3. The summed E-state index contributed by atoms with van der Waals surface area (Å²) in [5.41, 5.74) is 2.09. The van der Waals surface area contributed by atoms with Crippen LogP contribution in [-0.4, -0.2) is 4.98 Å². The highest BCUT2D eigenvalue weighted by Crippen LogP contribution is 2.24. The fourth-order valence-electron chi connectivity index (χ4n) is 1.35. The highest BCUT2D eigenvalue weighted by Gasteiger charge is 2.03. The predicted octanol–water partition coefficient (Wildman–Crippen LogP) is 4.11. The van der Waals surface area contributed by atoms with E-state index < -0.39 is 0 Å². The summed E-state index contributed by atoms with van der Waals surface area (Å²) in [6.45, 7) is 0. The SMILES string of the molecule is N#Cc1cc(Br)ccc1Nc1ccnc(Cl)c1. The Bertz CT molecular complexity index is 593. The zero-order valence-corrected chi connectivity index (χ0v) is 11.0. The smallest absolute Gasteiger partial charge is 0.131 e. The van der Waals surface area contributed by atoms with Gasteiger partial charge in [-0.25, -0.2) is 4.98 Å². The average molecular weight is 309 g/mol. The molecule has 1 heterocycles. The second-order valence-electron chi connectivity index (χ2n) is 3.29. The normalized spacial score (nSPS) is 9.71. The number of halogens is 2. The third-order valence-corrected chi connectivity index (χ3v) is 2.81. The molecule has 0 fully saturated rings. The molecule has 0 aliphatic rings. The van der Waals surface area contributed by atoms with Gasteiger partial charge in [0.15, 0.2) is 0 Å². The standard InChI is InChI=1S/C12H7BrClN3/c13-9-1-2-11(8(5-9)7-15)17-10-3-4-16-12(14)6-10/h1-6H,(H,16,17). The molecule has 0 aliphatic heterocycles. The number of hydrogen-bond acceptors (Lipinski definition) is 3. The summed E-state index contributed by atoms with van der Waals surface area (Å²) in [5, 5.41) is 12.6. The van der Waals surface area contributed by atoms with E-state index in [1.807, 2.05) is 12.1 Å². The molecule has 0 saturated carbocycles. The topological polar surface area (TPSA) is 48.7 Å². The van der Waals surface area contributed by atoms with Crippen LogP contribution in [0.25, 0.3) is 0 Å². The van der Waals surface area contributed by atoms with Crippen LogP contribution in [0.5, 0.6) is 0 Å². The molecule has 2 aromatic rings. The van der Waals surface area contributed by atoms with Crippen LogP contribution in [0.4, 0.5) is 11.4 Å². The maximum absolute atomic E-state index is 9.03. The van der Waals surface area contributed by atoms with E-state index in [1.165, 1.54) is 0 Å². The molecule has 0 radical (unpaired) electrons. The molecule has 5 heteroatoms. The number of aromatic nitrogens is 1. The second kappa shape index (κ2) is 5.17. The molecule has 2 rings (SSSR count). The number of anilines is 2. The number of nitriles is 1. The van der Waals surface area contributed by atoms with Crippen LogP contribution in [0.2, 0.25) is 5.15 Å². The first kappa shape index (κ1) is 11.9. The Hall–Kier alpha value is -1.57. The van der Waals surface area contributed by atoms with E-state index >= 15 is 0 Å². The first-order valence-corrected chi connectivity index (χ1v) is 5.94. The Kier molecular flexibility index (Phi) is 3.62. The first-order valence-electron chi connectivity index (χ1n) is 4.77. The zero-order valence-electron chi connectivity index (χ0n) is 8.61. The molecule has 0 aliphatic carbocycles. The van der Waals surface area contributed by atoms with Crippen LogP contribution in [0.1, 0.15) is 5.56 Å². The van der Waals surface area contributed by atoms with Gasteiger partial charge in [-0.2, -0.15) is 5.26 Å². The predicted molar refractivity (Wildman–Crippen MR) is 71.4 cm³/mol. The summed E-state index contributed by atoms with van der Waals surface area (Å²) in [7, 11) is 0. The molecule has 0 bridgehead atoms. The number of nitrogens with one attached hydrogen (secondary N) is 1. The lowest BCUT2D eigenvalue weighted by atomic mass is 10.2. The number of nitrogens with zero attached hydrogens (tertiary/aromatic N) is 2. The molecule has 0 spiro atoms. The molecular weight excluding hydrogens is 302 g/mol. The Morgan fingerprint density at radius 3 is 2.82 bits per heavy atom. The number of pyridine rings is 1. The lowest BCUT2D eigenvalue weighted by Gasteiger charge is -2.08.